The Morgan fingerprint density at radius 2 is 2.07 bits per heavy atom. The van der Waals surface area contributed by atoms with Crippen molar-refractivity contribution in [1.29, 1.82) is 0 Å². The first-order chi connectivity index (χ1) is 7.09. The van der Waals surface area contributed by atoms with Crippen molar-refractivity contribution in [2.75, 3.05) is 0 Å². The van der Waals surface area contributed by atoms with E-state index in [9.17, 15) is 13.6 Å². The molecule has 15 heavy (non-hydrogen) atoms. The van der Waals surface area contributed by atoms with Gasteiger partial charge in [0.1, 0.15) is 0 Å². The highest BCUT2D eigenvalue weighted by atomic mass is 19.2. The SMILES string of the molecule is O=C(O)/C=C1\CCc2c1ccc(F)c2F. The summed E-state index contributed by atoms with van der Waals surface area (Å²) in [5.74, 6) is -2.81. The predicted molar refractivity (Wildman–Crippen MR) is 50.3 cm³/mol. The van der Waals surface area contributed by atoms with Crippen LogP contribution < -0.4 is 0 Å². The molecule has 0 radical (unpaired) electrons. The third kappa shape index (κ3) is 1.63. The van der Waals surface area contributed by atoms with Crippen LogP contribution in [-0.4, -0.2) is 11.1 Å². The van der Waals surface area contributed by atoms with Gasteiger partial charge in [-0.05, 0) is 35.6 Å². The molecule has 4 heteroatoms. The summed E-state index contributed by atoms with van der Waals surface area (Å²) in [5, 5.41) is 8.58. The van der Waals surface area contributed by atoms with Crippen molar-refractivity contribution in [1.82, 2.24) is 0 Å². The lowest BCUT2D eigenvalue weighted by molar-refractivity contribution is -0.131. The second-order valence-corrected chi connectivity index (χ2v) is 3.40. The number of carboxylic acid groups (broad SMARTS) is 1. The minimum Gasteiger partial charge on any atom is -0.478 e. The molecule has 0 aliphatic heterocycles. The standard InChI is InChI=1S/C11H8F2O2/c12-9-4-3-7-6(5-10(14)15)1-2-8(7)11(9)13/h3-5H,1-2H2,(H,14,15)/b6-5+. The van der Waals surface area contributed by atoms with E-state index >= 15 is 0 Å². The summed E-state index contributed by atoms with van der Waals surface area (Å²) in [7, 11) is 0. The van der Waals surface area contributed by atoms with Gasteiger partial charge in [-0.15, -0.1) is 0 Å². The lowest BCUT2D eigenvalue weighted by atomic mass is 10.1. The van der Waals surface area contributed by atoms with Crippen LogP contribution in [0.4, 0.5) is 8.78 Å². The molecule has 0 aromatic heterocycles. The van der Waals surface area contributed by atoms with Crippen LogP contribution in [0.2, 0.25) is 0 Å². The van der Waals surface area contributed by atoms with Crippen LogP contribution in [0.1, 0.15) is 17.5 Å². The molecule has 0 unspecified atom stereocenters. The Morgan fingerprint density at radius 1 is 1.33 bits per heavy atom. The first-order valence-electron chi connectivity index (χ1n) is 4.50. The molecule has 1 aliphatic rings. The summed E-state index contributed by atoms with van der Waals surface area (Å²) in [6.07, 6.45) is 1.85. The largest absolute Gasteiger partial charge is 0.478 e. The highest BCUT2D eigenvalue weighted by Crippen LogP contribution is 2.34. The molecular formula is C11H8F2O2. The number of hydrogen-bond acceptors (Lipinski definition) is 1. The molecule has 0 heterocycles. The maximum Gasteiger partial charge on any atom is 0.328 e. The van der Waals surface area contributed by atoms with Gasteiger partial charge in [-0.25, -0.2) is 13.6 Å². The Balaban J connectivity index is 2.54. The number of carbonyl (C=O) groups is 1. The van der Waals surface area contributed by atoms with Crippen molar-refractivity contribution in [3.63, 3.8) is 0 Å². The molecule has 0 fully saturated rings. The summed E-state index contributed by atoms with van der Waals surface area (Å²) in [4.78, 5) is 10.5. The van der Waals surface area contributed by atoms with E-state index in [0.29, 0.717) is 24.0 Å². The Morgan fingerprint density at radius 3 is 2.73 bits per heavy atom. The minimum absolute atomic E-state index is 0.280. The fourth-order valence-electron chi connectivity index (χ4n) is 1.83. The summed E-state index contributed by atoms with van der Waals surface area (Å²) >= 11 is 0. The second kappa shape index (κ2) is 3.46. The van der Waals surface area contributed by atoms with E-state index in [4.69, 9.17) is 5.11 Å². The van der Waals surface area contributed by atoms with Gasteiger partial charge in [-0.1, -0.05) is 6.07 Å². The third-order valence-electron chi connectivity index (χ3n) is 2.48. The maximum atomic E-state index is 13.3. The number of hydrogen-bond donors (Lipinski definition) is 1. The van der Waals surface area contributed by atoms with Crippen LogP contribution in [0.3, 0.4) is 0 Å². The van der Waals surface area contributed by atoms with Gasteiger partial charge in [-0.2, -0.15) is 0 Å². The smallest absolute Gasteiger partial charge is 0.328 e. The fraction of sp³-hybridized carbons (Fsp3) is 0.182. The first-order valence-corrected chi connectivity index (χ1v) is 4.50. The molecule has 0 saturated carbocycles. The number of rotatable bonds is 1. The Hall–Kier alpha value is -1.71. The van der Waals surface area contributed by atoms with Crippen LogP contribution in [-0.2, 0) is 11.2 Å². The van der Waals surface area contributed by atoms with Gasteiger partial charge in [0.25, 0.3) is 0 Å². The quantitative estimate of drug-likeness (QED) is 0.722. The van der Waals surface area contributed by atoms with Crippen molar-refractivity contribution < 1.29 is 18.7 Å². The van der Waals surface area contributed by atoms with Crippen molar-refractivity contribution in [2.45, 2.75) is 12.8 Å². The van der Waals surface area contributed by atoms with Crippen LogP contribution in [0.15, 0.2) is 18.2 Å². The topological polar surface area (TPSA) is 37.3 Å². The normalized spacial score (nSPS) is 16.8. The predicted octanol–water partition coefficient (Wildman–Crippen LogP) is 2.38. The zero-order chi connectivity index (χ0) is 11.0. The van der Waals surface area contributed by atoms with Crippen LogP contribution in [0.25, 0.3) is 5.57 Å². The molecule has 1 N–H and O–H groups in total. The Bertz CT molecular complexity index is 464. The summed E-state index contributed by atoms with van der Waals surface area (Å²) < 4.78 is 26.1. The molecular weight excluding hydrogens is 202 g/mol. The van der Waals surface area contributed by atoms with Gasteiger partial charge in [0, 0.05) is 6.08 Å². The number of allylic oxidation sites excluding steroid dienone is 1. The van der Waals surface area contributed by atoms with Crippen LogP contribution >= 0.6 is 0 Å². The van der Waals surface area contributed by atoms with Crippen molar-refractivity contribution in [2.24, 2.45) is 0 Å². The van der Waals surface area contributed by atoms with Crippen molar-refractivity contribution in [3.05, 3.63) is 41.0 Å². The van der Waals surface area contributed by atoms with Crippen LogP contribution in [0.5, 0.6) is 0 Å². The highest BCUT2D eigenvalue weighted by molar-refractivity contribution is 5.91. The molecule has 78 valence electrons. The molecule has 1 aromatic rings. The third-order valence-corrected chi connectivity index (χ3v) is 2.48. The summed E-state index contributed by atoms with van der Waals surface area (Å²) in [5.41, 5.74) is 1.34. The molecule has 0 amide bonds. The maximum absolute atomic E-state index is 13.3. The average Bonchev–Trinajstić information content (AvgIpc) is 2.55. The number of aliphatic carboxylic acids is 1. The zero-order valence-corrected chi connectivity index (χ0v) is 7.76. The van der Waals surface area contributed by atoms with E-state index in [0.717, 1.165) is 12.1 Å². The van der Waals surface area contributed by atoms with E-state index < -0.39 is 17.6 Å². The summed E-state index contributed by atoms with van der Waals surface area (Å²) in [6.45, 7) is 0. The Labute approximate surface area is 84.8 Å². The summed E-state index contributed by atoms with van der Waals surface area (Å²) in [6, 6.07) is 2.45. The van der Waals surface area contributed by atoms with Gasteiger partial charge in [0.2, 0.25) is 0 Å². The van der Waals surface area contributed by atoms with E-state index in [1.807, 2.05) is 0 Å². The first kappa shape index (κ1) is 9.83. The molecule has 1 aromatic carbocycles. The van der Waals surface area contributed by atoms with Crippen LogP contribution in [0, 0.1) is 11.6 Å². The Kier molecular flexibility index (Phi) is 2.26. The molecule has 0 bridgehead atoms. The number of halogens is 2. The minimum atomic E-state index is -1.07. The molecule has 1 aliphatic carbocycles. The molecule has 2 nitrogen and oxygen atoms in total. The van der Waals surface area contributed by atoms with Gasteiger partial charge in [0.15, 0.2) is 11.6 Å². The van der Waals surface area contributed by atoms with E-state index in [1.54, 1.807) is 0 Å². The lowest BCUT2D eigenvalue weighted by Gasteiger charge is -2.01. The van der Waals surface area contributed by atoms with Crippen molar-refractivity contribution >= 4 is 11.5 Å². The van der Waals surface area contributed by atoms with Gasteiger partial charge in [0.05, 0.1) is 0 Å². The van der Waals surface area contributed by atoms with E-state index in [1.165, 1.54) is 6.07 Å². The zero-order valence-electron chi connectivity index (χ0n) is 7.76. The van der Waals surface area contributed by atoms with Gasteiger partial charge in [-0.3, -0.25) is 0 Å². The van der Waals surface area contributed by atoms with E-state index in [-0.39, 0.29) is 5.56 Å². The number of benzene rings is 1. The fourth-order valence-corrected chi connectivity index (χ4v) is 1.83. The number of carboxylic acids is 1. The number of fused-ring (bicyclic) bond motifs is 1. The van der Waals surface area contributed by atoms with E-state index in [2.05, 4.69) is 0 Å². The molecule has 0 saturated heterocycles. The monoisotopic (exact) mass is 210 g/mol. The lowest BCUT2D eigenvalue weighted by Crippen LogP contribution is -1.93. The van der Waals surface area contributed by atoms with Crippen molar-refractivity contribution in [3.8, 4) is 0 Å². The molecule has 0 spiro atoms. The molecule has 0 atom stereocenters. The second-order valence-electron chi connectivity index (χ2n) is 3.40. The van der Waals surface area contributed by atoms with Gasteiger partial charge < -0.3 is 5.11 Å². The molecule has 2 rings (SSSR count). The van der Waals surface area contributed by atoms with Gasteiger partial charge >= 0.3 is 5.97 Å². The average molecular weight is 210 g/mol. The highest BCUT2D eigenvalue weighted by Gasteiger charge is 2.22.